The van der Waals surface area contributed by atoms with E-state index in [0.717, 1.165) is 60.8 Å². The number of hydrogen-bond acceptors (Lipinski definition) is 7. The molecule has 2 aromatic rings. The van der Waals surface area contributed by atoms with Gasteiger partial charge in [0.1, 0.15) is 12.1 Å². The average Bonchev–Trinajstić information content (AvgIpc) is 2.69. The van der Waals surface area contributed by atoms with Crippen LogP contribution in [0.3, 0.4) is 0 Å². The molecule has 3 fully saturated rings. The summed E-state index contributed by atoms with van der Waals surface area (Å²) < 4.78 is 5.48. The van der Waals surface area contributed by atoms with Crippen molar-refractivity contribution in [1.82, 2.24) is 19.8 Å². The van der Waals surface area contributed by atoms with Gasteiger partial charge in [-0.15, -0.1) is 0 Å². The van der Waals surface area contributed by atoms with Crippen molar-refractivity contribution in [3.63, 3.8) is 0 Å². The third-order valence-electron chi connectivity index (χ3n) is 6.67. The normalized spacial score (nSPS) is 27.6. The summed E-state index contributed by atoms with van der Waals surface area (Å²) in [7, 11) is 0. The quantitative estimate of drug-likeness (QED) is 0.783. The van der Waals surface area contributed by atoms with Crippen molar-refractivity contribution in [2.75, 3.05) is 50.4 Å². The molecule has 0 atom stereocenters. The molecule has 5 rings (SSSR count). The molecule has 28 heavy (non-hydrogen) atoms. The van der Waals surface area contributed by atoms with Crippen LogP contribution in [0.25, 0.3) is 10.9 Å². The highest BCUT2D eigenvalue weighted by Crippen LogP contribution is 2.31. The van der Waals surface area contributed by atoms with Crippen LogP contribution in [0.1, 0.15) is 25.7 Å². The predicted molar refractivity (Wildman–Crippen MR) is 111 cm³/mol. The van der Waals surface area contributed by atoms with Crippen LogP contribution in [0.5, 0.6) is 0 Å². The van der Waals surface area contributed by atoms with Crippen LogP contribution in [0.2, 0.25) is 0 Å². The maximum Gasteiger partial charge on any atom is 0.137 e. The van der Waals surface area contributed by atoms with E-state index in [1.165, 1.54) is 38.8 Å². The van der Waals surface area contributed by atoms with Crippen molar-refractivity contribution in [1.29, 1.82) is 0 Å². The first-order chi connectivity index (χ1) is 13.8. The van der Waals surface area contributed by atoms with Crippen LogP contribution in [0, 0.1) is 0 Å². The van der Waals surface area contributed by atoms with Gasteiger partial charge in [-0.2, -0.15) is 0 Å². The molecule has 2 saturated heterocycles. The number of nitrogen functional groups attached to an aromatic ring is 1. The van der Waals surface area contributed by atoms with E-state index in [-0.39, 0.29) is 0 Å². The molecular formula is C21H30N6O. The van der Waals surface area contributed by atoms with Gasteiger partial charge in [0, 0.05) is 55.4 Å². The number of anilines is 2. The minimum absolute atomic E-state index is 0.479. The second kappa shape index (κ2) is 7.81. The van der Waals surface area contributed by atoms with Crippen LogP contribution < -0.4 is 11.1 Å². The number of aromatic nitrogens is 2. The Labute approximate surface area is 166 Å². The Hall–Kier alpha value is -1.96. The molecule has 1 aromatic heterocycles. The first-order valence-electron chi connectivity index (χ1n) is 10.6. The number of hydrogen-bond donors (Lipinski definition) is 2. The van der Waals surface area contributed by atoms with E-state index in [0.29, 0.717) is 6.04 Å². The first-order valence-corrected chi connectivity index (χ1v) is 10.6. The number of nitrogens with one attached hydrogen (secondary N) is 1. The lowest BCUT2D eigenvalue weighted by atomic mass is 9.87. The van der Waals surface area contributed by atoms with Crippen molar-refractivity contribution in [2.45, 2.75) is 43.8 Å². The zero-order valence-electron chi connectivity index (χ0n) is 16.4. The number of likely N-dealkylation sites (tertiary alicyclic amines) is 1. The van der Waals surface area contributed by atoms with Gasteiger partial charge >= 0.3 is 0 Å². The van der Waals surface area contributed by atoms with Gasteiger partial charge in [0.25, 0.3) is 0 Å². The monoisotopic (exact) mass is 382 g/mol. The number of nitrogens with zero attached hydrogens (tertiary/aromatic N) is 4. The summed E-state index contributed by atoms with van der Waals surface area (Å²) in [6.45, 7) is 6.48. The number of nitrogens with two attached hydrogens (primary N) is 1. The molecule has 7 heteroatoms. The van der Waals surface area contributed by atoms with E-state index in [4.69, 9.17) is 10.5 Å². The summed E-state index contributed by atoms with van der Waals surface area (Å²) in [6.07, 6.45) is 6.55. The van der Waals surface area contributed by atoms with Gasteiger partial charge in [0.2, 0.25) is 0 Å². The lowest BCUT2D eigenvalue weighted by Crippen LogP contribution is -2.64. The fourth-order valence-electron chi connectivity index (χ4n) is 4.93. The minimum atomic E-state index is 0.479. The highest BCUT2D eigenvalue weighted by Gasteiger charge is 2.37. The SMILES string of the molecule is Nc1ccc2ncnc(N[C@H]3CC[C@H](N4CC(N5CCOCC5)C4)CC3)c2c1. The zero-order chi connectivity index (χ0) is 18.9. The molecule has 150 valence electrons. The Balaban J connectivity index is 1.14. The fourth-order valence-corrected chi connectivity index (χ4v) is 4.93. The van der Waals surface area contributed by atoms with Crippen molar-refractivity contribution >= 4 is 22.4 Å². The zero-order valence-corrected chi connectivity index (χ0v) is 16.4. The van der Waals surface area contributed by atoms with E-state index in [9.17, 15) is 0 Å². The van der Waals surface area contributed by atoms with Crippen LogP contribution in [0.4, 0.5) is 11.5 Å². The second-order valence-corrected chi connectivity index (χ2v) is 8.40. The van der Waals surface area contributed by atoms with E-state index in [1.54, 1.807) is 6.33 Å². The van der Waals surface area contributed by atoms with Crippen molar-refractivity contribution < 1.29 is 4.74 Å². The molecule has 1 aliphatic carbocycles. The maximum atomic E-state index is 5.96. The Kier molecular flexibility index (Phi) is 5.05. The van der Waals surface area contributed by atoms with Crippen LogP contribution in [-0.2, 0) is 4.74 Å². The number of rotatable bonds is 4. The topological polar surface area (TPSA) is 79.5 Å². The van der Waals surface area contributed by atoms with E-state index >= 15 is 0 Å². The summed E-state index contributed by atoms with van der Waals surface area (Å²) in [5, 5.41) is 4.67. The molecule has 0 unspecified atom stereocenters. The molecule has 3 aliphatic rings. The number of morpholine rings is 1. The standard InChI is InChI=1S/C21H30N6O/c22-15-1-6-20-19(11-15)21(24-14-23-20)25-16-2-4-17(5-3-16)27-12-18(13-27)26-7-9-28-10-8-26/h1,6,11,14,16-18H,2-5,7-10,12-13,22H2,(H,23,24,25)/t16-,17-. The Morgan fingerprint density at radius 3 is 2.54 bits per heavy atom. The Bertz CT molecular complexity index is 810. The summed E-state index contributed by atoms with van der Waals surface area (Å²) >= 11 is 0. The lowest BCUT2D eigenvalue weighted by Gasteiger charge is -2.51. The largest absolute Gasteiger partial charge is 0.399 e. The molecule has 0 spiro atoms. The second-order valence-electron chi connectivity index (χ2n) is 8.40. The van der Waals surface area contributed by atoms with Crippen LogP contribution >= 0.6 is 0 Å². The van der Waals surface area contributed by atoms with E-state index in [1.807, 2.05) is 18.2 Å². The molecular weight excluding hydrogens is 352 g/mol. The molecule has 1 saturated carbocycles. The van der Waals surface area contributed by atoms with E-state index < -0.39 is 0 Å². The summed E-state index contributed by atoms with van der Waals surface area (Å²) in [5.41, 5.74) is 7.66. The smallest absolute Gasteiger partial charge is 0.137 e. The van der Waals surface area contributed by atoms with Gasteiger partial charge in [0.15, 0.2) is 0 Å². The number of benzene rings is 1. The van der Waals surface area contributed by atoms with Gasteiger partial charge in [0.05, 0.1) is 18.7 Å². The summed E-state index contributed by atoms with van der Waals surface area (Å²) in [6, 6.07) is 7.79. The third-order valence-corrected chi connectivity index (χ3v) is 6.67. The highest BCUT2D eigenvalue weighted by atomic mass is 16.5. The van der Waals surface area contributed by atoms with Crippen LogP contribution in [-0.4, -0.2) is 77.3 Å². The third kappa shape index (κ3) is 3.66. The van der Waals surface area contributed by atoms with Crippen LogP contribution in [0.15, 0.2) is 24.5 Å². The predicted octanol–water partition coefficient (Wildman–Crippen LogP) is 1.95. The van der Waals surface area contributed by atoms with E-state index in [2.05, 4.69) is 25.1 Å². The molecule has 7 nitrogen and oxygen atoms in total. The number of fused-ring (bicyclic) bond motifs is 1. The summed E-state index contributed by atoms with van der Waals surface area (Å²) in [4.78, 5) is 14.1. The van der Waals surface area contributed by atoms with Crippen molar-refractivity contribution in [2.24, 2.45) is 0 Å². The molecule has 3 heterocycles. The maximum absolute atomic E-state index is 5.96. The molecule has 0 bridgehead atoms. The average molecular weight is 383 g/mol. The van der Waals surface area contributed by atoms with Gasteiger partial charge in [-0.3, -0.25) is 9.80 Å². The first kappa shape index (κ1) is 18.1. The molecule has 0 radical (unpaired) electrons. The Morgan fingerprint density at radius 1 is 0.964 bits per heavy atom. The molecule has 3 N–H and O–H groups in total. The van der Waals surface area contributed by atoms with Crippen molar-refractivity contribution in [3.8, 4) is 0 Å². The highest BCUT2D eigenvalue weighted by molar-refractivity contribution is 5.91. The fraction of sp³-hybridized carbons (Fsp3) is 0.619. The van der Waals surface area contributed by atoms with Gasteiger partial charge in [-0.25, -0.2) is 9.97 Å². The number of ether oxygens (including phenoxy) is 1. The minimum Gasteiger partial charge on any atom is -0.399 e. The molecule has 0 amide bonds. The molecule has 1 aromatic carbocycles. The van der Waals surface area contributed by atoms with Crippen molar-refractivity contribution in [3.05, 3.63) is 24.5 Å². The summed E-state index contributed by atoms with van der Waals surface area (Å²) in [5.74, 6) is 0.914. The molecule has 2 aliphatic heterocycles. The van der Waals surface area contributed by atoms with Gasteiger partial charge < -0.3 is 15.8 Å². The Morgan fingerprint density at radius 2 is 1.75 bits per heavy atom. The van der Waals surface area contributed by atoms with Gasteiger partial charge in [-0.1, -0.05) is 0 Å². The lowest BCUT2D eigenvalue weighted by molar-refractivity contribution is -0.0501. The van der Waals surface area contributed by atoms with Gasteiger partial charge in [-0.05, 0) is 43.9 Å².